The van der Waals surface area contributed by atoms with Crippen LogP contribution >= 0.6 is 15.9 Å². The zero-order valence-electron chi connectivity index (χ0n) is 7.91. The molecular formula is C11H13BrN2. The first-order valence-electron chi connectivity index (χ1n) is 4.59. The third-order valence-electron chi connectivity index (χ3n) is 1.85. The second kappa shape index (κ2) is 6.49. The Kier molecular flexibility index (Phi) is 5.15. The number of unbranched alkanes of at least 4 members (excludes halogenated alkanes) is 1. The van der Waals surface area contributed by atoms with E-state index in [1.54, 1.807) is 6.21 Å². The van der Waals surface area contributed by atoms with E-state index >= 15 is 0 Å². The van der Waals surface area contributed by atoms with Crippen LogP contribution < -0.4 is 0 Å². The molecule has 0 aromatic heterocycles. The first-order chi connectivity index (χ1) is 6.79. The maximum atomic E-state index is 7.01. The molecule has 0 aliphatic rings. The number of nitrogens with zero attached hydrogens (tertiary/aromatic N) is 1. The molecule has 74 valence electrons. The molecule has 0 atom stereocenters. The molecule has 2 nitrogen and oxygen atoms in total. The van der Waals surface area contributed by atoms with Crippen LogP contribution in [0.25, 0.3) is 0 Å². The Morgan fingerprint density at radius 3 is 2.71 bits per heavy atom. The number of halogens is 1. The fourth-order valence-electron chi connectivity index (χ4n) is 1.19. The average Bonchev–Trinajstić information content (AvgIpc) is 2.18. The Morgan fingerprint density at radius 2 is 2.07 bits per heavy atom. The van der Waals surface area contributed by atoms with Gasteiger partial charge >= 0.3 is 0 Å². The third-order valence-corrected chi connectivity index (χ3v) is 2.05. The van der Waals surface area contributed by atoms with Crippen molar-refractivity contribution in [1.29, 1.82) is 5.41 Å². The fraction of sp³-hybridized carbons (Fsp3) is 0.273. The van der Waals surface area contributed by atoms with Crippen molar-refractivity contribution in [3.05, 3.63) is 35.9 Å². The van der Waals surface area contributed by atoms with Crippen molar-refractivity contribution in [3.8, 4) is 0 Å². The van der Waals surface area contributed by atoms with Crippen molar-refractivity contribution in [2.75, 3.05) is 0 Å². The summed E-state index contributed by atoms with van der Waals surface area (Å²) in [7, 11) is 0. The highest BCUT2D eigenvalue weighted by Gasteiger charge is 1.90. The Balaban J connectivity index is 2.19. The molecule has 1 N–H and O–H groups in total. The normalized spacial score (nSPS) is 10.6. The highest BCUT2D eigenvalue weighted by atomic mass is 79.9. The molecule has 14 heavy (non-hydrogen) atoms. The molecule has 0 radical (unpaired) electrons. The summed E-state index contributed by atoms with van der Waals surface area (Å²) >= 11 is 2.96. The SMILES string of the molecule is N=C(Br)/N=C/CCCc1ccccc1. The molecule has 0 bridgehead atoms. The second-order valence-electron chi connectivity index (χ2n) is 2.98. The molecule has 0 saturated carbocycles. The lowest BCUT2D eigenvalue weighted by atomic mass is 10.1. The number of nitrogens with one attached hydrogen (secondary N) is 1. The maximum absolute atomic E-state index is 7.01. The van der Waals surface area contributed by atoms with Crippen molar-refractivity contribution < 1.29 is 0 Å². The van der Waals surface area contributed by atoms with E-state index < -0.39 is 0 Å². The number of aryl methyl sites for hydroxylation is 1. The van der Waals surface area contributed by atoms with E-state index in [4.69, 9.17) is 5.41 Å². The van der Waals surface area contributed by atoms with Crippen LogP contribution in [0.4, 0.5) is 0 Å². The summed E-state index contributed by atoms with van der Waals surface area (Å²) in [6.45, 7) is 0. The first kappa shape index (κ1) is 11.1. The predicted molar refractivity (Wildman–Crippen MR) is 64.5 cm³/mol. The van der Waals surface area contributed by atoms with E-state index in [0.29, 0.717) is 0 Å². The Hall–Kier alpha value is -0.960. The van der Waals surface area contributed by atoms with E-state index in [9.17, 15) is 0 Å². The van der Waals surface area contributed by atoms with E-state index in [1.165, 1.54) is 5.56 Å². The summed E-state index contributed by atoms with van der Waals surface area (Å²) < 4.78 is 0.192. The van der Waals surface area contributed by atoms with Gasteiger partial charge in [0.15, 0.2) is 4.74 Å². The lowest BCUT2D eigenvalue weighted by Crippen LogP contribution is -1.86. The molecule has 0 aliphatic heterocycles. The minimum absolute atomic E-state index is 0.192. The number of benzene rings is 1. The van der Waals surface area contributed by atoms with Crippen LogP contribution in [0.3, 0.4) is 0 Å². The van der Waals surface area contributed by atoms with E-state index in [1.807, 2.05) is 6.07 Å². The van der Waals surface area contributed by atoms with Crippen LogP contribution in [0.2, 0.25) is 0 Å². The summed E-state index contributed by atoms with van der Waals surface area (Å²) in [4.78, 5) is 3.83. The zero-order valence-corrected chi connectivity index (χ0v) is 9.50. The van der Waals surface area contributed by atoms with Crippen LogP contribution in [0.1, 0.15) is 18.4 Å². The first-order valence-corrected chi connectivity index (χ1v) is 5.39. The molecule has 0 aliphatic carbocycles. The average molecular weight is 253 g/mol. The number of hydrogen-bond acceptors (Lipinski definition) is 1. The van der Waals surface area contributed by atoms with Crippen LogP contribution in [0, 0.1) is 5.41 Å². The van der Waals surface area contributed by atoms with Crippen LogP contribution in [-0.4, -0.2) is 11.0 Å². The molecule has 0 unspecified atom stereocenters. The van der Waals surface area contributed by atoms with E-state index in [0.717, 1.165) is 19.3 Å². The van der Waals surface area contributed by atoms with Crippen LogP contribution in [-0.2, 0) is 6.42 Å². The molecule has 1 rings (SSSR count). The van der Waals surface area contributed by atoms with Crippen molar-refractivity contribution >= 4 is 26.9 Å². The molecule has 0 amide bonds. The van der Waals surface area contributed by atoms with Crippen molar-refractivity contribution in [1.82, 2.24) is 0 Å². The van der Waals surface area contributed by atoms with Crippen molar-refractivity contribution in [2.45, 2.75) is 19.3 Å². The molecule has 3 heteroatoms. The predicted octanol–water partition coefficient (Wildman–Crippen LogP) is 3.41. The van der Waals surface area contributed by atoms with Gasteiger partial charge in [-0.05, 0) is 40.8 Å². The summed E-state index contributed by atoms with van der Waals surface area (Å²) in [5, 5.41) is 7.01. The van der Waals surface area contributed by atoms with Gasteiger partial charge in [0, 0.05) is 6.21 Å². The van der Waals surface area contributed by atoms with Gasteiger partial charge in [-0.2, -0.15) is 0 Å². The summed E-state index contributed by atoms with van der Waals surface area (Å²) in [5.41, 5.74) is 1.36. The Morgan fingerprint density at radius 1 is 1.36 bits per heavy atom. The number of rotatable bonds is 4. The van der Waals surface area contributed by atoms with Crippen LogP contribution in [0.15, 0.2) is 35.3 Å². The van der Waals surface area contributed by atoms with Crippen molar-refractivity contribution in [3.63, 3.8) is 0 Å². The van der Waals surface area contributed by atoms with Gasteiger partial charge in [-0.25, -0.2) is 4.99 Å². The molecule has 0 fully saturated rings. The maximum Gasteiger partial charge on any atom is 0.188 e. The van der Waals surface area contributed by atoms with Gasteiger partial charge in [0.1, 0.15) is 0 Å². The zero-order chi connectivity index (χ0) is 10.2. The van der Waals surface area contributed by atoms with Gasteiger partial charge < -0.3 is 0 Å². The number of amidine groups is 1. The van der Waals surface area contributed by atoms with Gasteiger partial charge in [-0.15, -0.1) is 0 Å². The molecular weight excluding hydrogens is 240 g/mol. The summed E-state index contributed by atoms with van der Waals surface area (Å²) in [6.07, 6.45) is 4.85. The lowest BCUT2D eigenvalue weighted by Gasteiger charge is -1.97. The van der Waals surface area contributed by atoms with E-state index in [2.05, 4.69) is 45.2 Å². The van der Waals surface area contributed by atoms with Gasteiger partial charge in [-0.3, -0.25) is 5.41 Å². The standard InChI is InChI=1S/C11H13BrN2/c12-11(13)14-9-5-4-8-10-6-2-1-3-7-10/h1-3,6-7,9,13H,4-5,8H2/b13-11?,14-9+. The summed E-state index contributed by atoms with van der Waals surface area (Å²) in [5.74, 6) is 0. The Labute approximate surface area is 92.7 Å². The topological polar surface area (TPSA) is 36.2 Å². The summed E-state index contributed by atoms with van der Waals surface area (Å²) in [6, 6.07) is 10.4. The number of aliphatic imine (C=N–C) groups is 1. The van der Waals surface area contributed by atoms with Gasteiger partial charge in [0.05, 0.1) is 0 Å². The molecule has 0 heterocycles. The highest BCUT2D eigenvalue weighted by molar-refractivity contribution is 9.18. The molecule has 0 spiro atoms. The molecule has 0 saturated heterocycles. The smallest absolute Gasteiger partial charge is 0.188 e. The fourth-order valence-corrected chi connectivity index (χ4v) is 1.33. The van der Waals surface area contributed by atoms with Gasteiger partial charge in [-0.1, -0.05) is 30.3 Å². The van der Waals surface area contributed by atoms with E-state index in [-0.39, 0.29) is 4.74 Å². The quantitative estimate of drug-likeness (QED) is 0.369. The van der Waals surface area contributed by atoms with Gasteiger partial charge in [0.25, 0.3) is 0 Å². The largest absolute Gasteiger partial charge is 0.277 e. The monoisotopic (exact) mass is 252 g/mol. The van der Waals surface area contributed by atoms with Crippen LogP contribution in [0.5, 0.6) is 0 Å². The Bertz CT molecular complexity index is 306. The number of hydrogen-bond donors (Lipinski definition) is 1. The van der Waals surface area contributed by atoms with Crippen molar-refractivity contribution in [2.24, 2.45) is 4.99 Å². The molecule has 1 aromatic rings. The minimum Gasteiger partial charge on any atom is -0.277 e. The van der Waals surface area contributed by atoms with Gasteiger partial charge in [0.2, 0.25) is 0 Å². The second-order valence-corrected chi connectivity index (χ2v) is 3.73. The molecule has 1 aromatic carbocycles. The lowest BCUT2D eigenvalue weighted by molar-refractivity contribution is 0.874. The highest BCUT2D eigenvalue weighted by Crippen LogP contribution is 2.03. The third kappa shape index (κ3) is 4.92. The minimum atomic E-state index is 0.192.